The number of rotatable bonds is 5. The first kappa shape index (κ1) is 15.7. The molecular formula is C19H21NO3. The summed E-state index contributed by atoms with van der Waals surface area (Å²) < 4.78 is 5.12. The van der Waals surface area contributed by atoms with Gasteiger partial charge in [-0.2, -0.15) is 5.06 Å². The summed E-state index contributed by atoms with van der Waals surface area (Å²) in [5.41, 5.74) is 2.30. The van der Waals surface area contributed by atoms with Crippen LogP contribution in [0, 0.1) is 0 Å². The lowest BCUT2D eigenvalue weighted by molar-refractivity contribution is -0.193. The number of benzene rings is 2. The number of hydroxylamine groups is 2. The van der Waals surface area contributed by atoms with E-state index in [1.165, 1.54) is 0 Å². The Balaban J connectivity index is 1.80. The summed E-state index contributed by atoms with van der Waals surface area (Å²) in [7, 11) is 0. The minimum atomic E-state index is -0.538. The second kappa shape index (κ2) is 7.40. The Kier molecular flexibility index (Phi) is 5.05. The number of hydrogen-bond acceptors (Lipinski definition) is 4. The van der Waals surface area contributed by atoms with Crippen molar-refractivity contribution < 1.29 is 14.4 Å². The van der Waals surface area contributed by atoms with E-state index < -0.39 is 6.10 Å². The molecule has 4 heteroatoms. The zero-order valence-electron chi connectivity index (χ0n) is 13.2. The van der Waals surface area contributed by atoms with Crippen LogP contribution in [0.4, 0.5) is 0 Å². The minimum absolute atomic E-state index is 0.0470. The van der Waals surface area contributed by atoms with Crippen molar-refractivity contribution in [3.63, 3.8) is 0 Å². The van der Waals surface area contributed by atoms with E-state index in [0.717, 1.165) is 11.1 Å². The molecule has 1 aliphatic heterocycles. The van der Waals surface area contributed by atoms with Crippen molar-refractivity contribution in [2.45, 2.75) is 32.0 Å². The lowest BCUT2D eigenvalue weighted by atomic mass is 10.0. The van der Waals surface area contributed by atoms with Crippen LogP contribution in [0.5, 0.6) is 0 Å². The molecule has 0 N–H and O–H groups in total. The van der Waals surface area contributed by atoms with E-state index in [9.17, 15) is 4.79 Å². The largest absolute Gasteiger partial charge is 0.464 e. The average Bonchev–Trinajstić information content (AvgIpc) is 3.01. The quantitative estimate of drug-likeness (QED) is 0.792. The standard InChI is InChI=1S/C19H21NO3/c1-2-22-19(21)18-13-17(16-11-7-4-8-12-16)20(23-18)14-15-9-5-3-6-10-15/h3-12,17-18H,2,13-14H2,1H3/t17-,18+/m1/s1. The predicted octanol–water partition coefficient (Wildman–Crippen LogP) is 3.50. The van der Waals surface area contributed by atoms with Crippen LogP contribution >= 0.6 is 0 Å². The van der Waals surface area contributed by atoms with Gasteiger partial charge in [0.15, 0.2) is 6.10 Å². The third-order valence-electron chi connectivity index (χ3n) is 3.96. The number of nitrogens with zero attached hydrogens (tertiary/aromatic N) is 1. The molecule has 0 saturated carbocycles. The summed E-state index contributed by atoms with van der Waals surface area (Å²) in [6.45, 7) is 2.81. The van der Waals surface area contributed by atoms with Crippen molar-refractivity contribution in [2.24, 2.45) is 0 Å². The van der Waals surface area contributed by atoms with Gasteiger partial charge in [0.25, 0.3) is 0 Å². The van der Waals surface area contributed by atoms with Crippen LogP contribution in [0.15, 0.2) is 60.7 Å². The molecule has 2 aromatic carbocycles. The molecule has 1 heterocycles. The number of carbonyl (C=O) groups excluding carboxylic acids is 1. The lowest BCUT2D eigenvalue weighted by Gasteiger charge is -2.22. The molecule has 1 fully saturated rings. The van der Waals surface area contributed by atoms with E-state index in [1.54, 1.807) is 0 Å². The van der Waals surface area contributed by atoms with Gasteiger partial charge in [-0.15, -0.1) is 0 Å². The molecule has 2 atom stereocenters. The molecule has 4 nitrogen and oxygen atoms in total. The van der Waals surface area contributed by atoms with Crippen LogP contribution in [0.25, 0.3) is 0 Å². The molecule has 3 rings (SSSR count). The van der Waals surface area contributed by atoms with Crippen molar-refractivity contribution in [3.05, 3.63) is 71.8 Å². The first-order chi connectivity index (χ1) is 11.3. The van der Waals surface area contributed by atoms with Crippen molar-refractivity contribution in [1.82, 2.24) is 5.06 Å². The van der Waals surface area contributed by atoms with Crippen LogP contribution < -0.4 is 0 Å². The second-order valence-corrected chi connectivity index (χ2v) is 5.57. The third-order valence-corrected chi connectivity index (χ3v) is 3.96. The van der Waals surface area contributed by atoms with Crippen molar-refractivity contribution in [3.8, 4) is 0 Å². The SMILES string of the molecule is CCOC(=O)[C@@H]1C[C@H](c2ccccc2)N(Cc2ccccc2)O1. The molecule has 0 bridgehead atoms. The second-order valence-electron chi connectivity index (χ2n) is 5.57. The summed E-state index contributed by atoms with van der Waals surface area (Å²) in [4.78, 5) is 18.0. The van der Waals surface area contributed by atoms with Crippen LogP contribution in [0.1, 0.15) is 30.5 Å². The summed E-state index contributed by atoms with van der Waals surface area (Å²) in [5.74, 6) is -0.288. The zero-order chi connectivity index (χ0) is 16.1. The molecule has 0 unspecified atom stereocenters. The van der Waals surface area contributed by atoms with Gasteiger partial charge in [-0.25, -0.2) is 4.79 Å². The number of esters is 1. The summed E-state index contributed by atoms with van der Waals surface area (Å²) in [5, 5.41) is 1.90. The van der Waals surface area contributed by atoms with Gasteiger partial charge in [0, 0.05) is 13.0 Å². The fourth-order valence-electron chi connectivity index (χ4n) is 2.86. The van der Waals surface area contributed by atoms with E-state index in [1.807, 2.05) is 48.4 Å². The lowest BCUT2D eigenvalue weighted by Crippen LogP contribution is -2.26. The Labute approximate surface area is 136 Å². The molecular weight excluding hydrogens is 290 g/mol. The van der Waals surface area contributed by atoms with Gasteiger partial charge < -0.3 is 4.74 Å². The summed E-state index contributed by atoms with van der Waals surface area (Å²) in [6.07, 6.45) is 0.0687. The highest BCUT2D eigenvalue weighted by atomic mass is 16.7. The van der Waals surface area contributed by atoms with Gasteiger partial charge in [0.1, 0.15) is 0 Å². The first-order valence-corrected chi connectivity index (χ1v) is 7.97. The molecule has 120 valence electrons. The van der Waals surface area contributed by atoms with E-state index >= 15 is 0 Å². The fraction of sp³-hybridized carbons (Fsp3) is 0.316. The molecule has 0 aromatic heterocycles. The highest BCUT2D eigenvalue weighted by Gasteiger charge is 2.39. The van der Waals surface area contributed by atoms with Crippen molar-refractivity contribution in [2.75, 3.05) is 6.61 Å². The Morgan fingerprint density at radius 3 is 2.43 bits per heavy atom. The highest BCUT2D eigenvalue weighted by Crippen LogP contribution is 2.35. The van der Waals surface area contributed by atoms with Gasteiger partial charge in [-0.1, -0.05) is 60.7 Å². The molecule has 0 amide bonds. The molecule has 0 aliphatic carbocycles. The molecule has 1 saturated heterocycles. The van der Waals surface area contributed by atoms with Gasteiger partial charge >= 0.3 is 5.97 Å². The molecule has 0 radical (unpaired) electrons. The Hall–Kier alpha value is -2.17. The van der Waals surface area contributed by atoms with E-state index in [2.05, 4.69) is 24.3 Å². The number of ether oxygens (including phenoxy) is 1. The van der Waals surface area contributed by atoms with Crippen LogP contribution in [0.2, 0.25) is 0 Å². The third kappa shape index (κ3) is 3.78. The first-order valence-electron chi connectivity index (χ1n) is 7.97. The molecule has 0 spiro atoms. The Morgan fingerprint density at radius 1 is 1.13 bits per heavy atom. The maximum atomic E-state index is 12.0. The van der Waals surface area contributed by atoms with Gasteiger partial charge in [0.05, 0.1) is 12.6 Å². The smallest absolute Gasteiger partial charge is 0.337 e. The predicted molar refractivity (Wildman–Crippen MR) is 87.3 cm³/mol. The highest BCUT2D eigenvalue weighted by molar-refractivity contribution is 5.75. The van der Waals surface area contributed by atoms with Crippen LogP contribution in [-0.2, 0) is 20.9 Å². The van der Waals surface area contributed by atoms with E-state index in [0.29, 0.717) is 19.6 Å². The van der Waals surface area contributed by atoms with E-state index in [-0.39, 0.29) is 12.0 Å². The number of carbonyl (C=O) groups is 1. The fourth-order valence-corrected chi connectivity index (χ4v) is 2.86. The summed E-state index contributed by atoms with van der Waals surface area (Å²) in [6, 6.07) is 20.3. The topological polar surface area (TPSA) is 38.8 Å². The van der Waals surface area contributed by atoms with Crippen LogP contribution in [-0.4, -0.2) is 23.7 Å². The van der Waals surface area contributed by atoms with Gasteiger partial charge in [0.2, 0.25) is 0 Å². The van der Waals surface area contributed by atoms with Gasteiger partial charge in [-0.3, -0.25) is 4.84 Å². The average molecular weight is 311 g/mol. The molecule has 23 heavy (non-hydrogen) atoms. The normalized spacial score (nSPS) is 21.3. The van der Waals surface area contributed by atoms with E-state index in [4.69, 9.17) is 9.57 Å². The van der Waals surface area contributed by atoms with Crippen LogP contribution in [0.3, 0.4) is 0 Å². The van der Waals surface area contributed by atoms with Crippen molar-refractivity contribution >= 4 is 5.97 Å². The zero-order valence-corrected chi connectivity index (χ0v) is 13.2. The molecule has 2 aromatic rings. The summed E-state index contributed by atoms with van der Waals surface area (Å²) >= 11 is 0. The monoisotopic (exact) mass is 311 g/mol. The molecule has 1 aliphatic rings. The number of hydrogen-bond donors (Lipinski definition) is 0. The Bertz CT molecular complexity index is 630. The maximum absolute atomic E-state index is 12.0. The minimum Gasteiger partial charge on any atom is -0.464 e. The van der Waals surface area contributed by atoms with Crippen molar-refractivity contribution in [1.29, 1.82) is 0 Å². The van der Waals surface area contributed by atoms with Gasteiger partial charge in [-0.05, 0) is 18.1 Å². The Morgan fingerprint density at radius 2 is 1.78 bits per heavy atom. The maximum Gasteiger partial charge on any atom is 0.337 e.